The van der Waals surface area contributed by atoms with Gasteiger partial charge in [-0.25, -0.2) is 4.79 Å². The number of rotatable bonds is 6. The lowest BCUT2D eigenvalue weighted by atomic mass is 10.0. The lowest BCUT2D eigenvalue weighted by molar-refractivity contribution is -0.144. The largest absolute Gasteiger partial charge is 0.467 e. The molecule has 1 aliphatic rings. The molecule has 25 heavy (non-hydrogen) atoms. The summed E-state index contributed by atoms with van der Waals surface area (Å²) in [6.45, 7) is 1.55. The minimum atomic E-state index is -0.805. The van der Waals surface area contributed by atoms with Gasteiger partial charge in [-0.05, 0) is 36.8 Å². The van der Waals surface area contributed by atoms with Gasteiger partial charge in [-0.3, -0.25) is 9.59 Å². The molecule has 2 amide bonds. The van der Waals surface area contributed by atoms with Gasteiger partial charge in [-0.1, -0.05) is 24.3 Å². The molecule has 2 rings (SSSR count). The summed E-state index contributed by atoms with van der Waals surface area (Å²) in [5.74, 6) is 0.413. The highest BCUT2D eigenvalue weighted by Crippen LogP contribution is 2.20. The van der Waals surface area contributed by atoms with Crippen LogP contribution in [0.5, 0.6) is 0 Å². The molecule has 2 N–H and O–H groups in total. The maximum atomic E-state index is 12.7. The third kappa shape index (κ3) is 5.35. The molecule has 6 nitrogen and oxygen atoms in total. The lowest BCUT2D eigenvalue weighted by Gasteiger charge is -2.25. The molecular formula is C18H22N2O4S. The summed E-state index contributed by atoms with van der Waals surface area (Å²) in [5.41, 5.74) is 1.34. The summed E-state index contributed by atoms with van der Waals surface area (Å²) in [6.07, 6.45) is 2.68. The molecule has 0 saturated heterocycles. The topological polar surface area (TPSA) is 84.5 Å². The molecule has 134 valence electrons. The van der Waals surface area contributed by atoms with Gasteiger partial charge in [-0.15, -0.1) is 0 Å². The first-order valence-electron chi connectivity index (χ1n) is 8.03. The molecule has 1 heterocycles. The van der Waals surface area contributed by atoms with E-state index in [-0.39, 0.29) is 5.91 Å². The Morgan fingerprint density at radius 3 is 2.48 bits per heavy atom. The van der Waals surface area contributed by atoms with Crippen LogP contribution in [0.3, 0.4) is 0 Å². The van der Waals surface area contributed by atoms with Crippen LogP contribution < -0.4 is 10.6 Å². The first kappa shape index (κ1) is 19.1. The molecule has 0 saturated carbocycles. The van der Waals surface area contributed by atoms with Crippen molar-refractivity contribution in [2.75, 3.05) is 18.6 Å². The Bertz CT molecular complexity index is 660. The predicted molar refractivity (Wildman–Crippen MR) is 97.3 cm³/mol. The molecule has 0 aliphatic carbocycles. The van der Waals surface area contributed by atoms with Gasteiger partial charge in [0.2, 0.25) is 5.91 Å². The number of esters is 1. The summed E-state index contributed by atoms with van der Waals surface area (Å²) >= 11 is 1.77. The monoisotopic (exact) mass is 362 g/mol. The molecule has 0 fully saturated rings. The molecule has 7 heteroatoms. The maximum absolute atomic E-state index is 12.7. The Balaban J connectivity index is 2.15. The van der Waals surface area contributed by atoms with Gasteiger partial charge in [0.05, 0.1) is 7.11 Å². The minimum absolute atomic E-state index is 0.328. The molecule has 2 atom stereocenters. The molecule has 1 aliphatic heterocycles. The van der Waals surface area contributed by atoms with Crippen LogP contribution in [0.4, 0.5) is 0 Å². The van der Waals surface area contributed by atoms with Gasteiger partial charge in [0.1, 0.15) is 12.1 Å². The van der Waals surface area contributed by atoms with Crippen molar-refractivity contribution in [2.24, 2.45) is 0 Å². The highest BCUT2D eigenvalue weighted by molar-refractivity contribution is 7.99. The van der Waals surface area contributed by atoms with Gasteiger partial charge in [0, 0.05) is 11.3 Å². The van der Waals surface area contributed by atoms with Crippen LogP contribution in [0.2, 0.25) is 0 Å². The summed E-state index contributed by atoms with van der Waals surface area (Å²) in [4.78, 5) is 36.7. The quantitative estimate of drug-likeness (QED) is 0.592. The molecule has 1 aromatic rings. The van der Waals surface area contributed by atoms with Crippen molar-refractivity contribution in [1.29, 1.82) is 0 Å². The van der Waals surface area contributed by atoms with Crippen LogP contribution in [-0.4, -0.2) is 48.5 Å². The number of ether oxygens (including phenoxy) is 1. The number of carbonyl (C=O) groups excluding carboxylic acids is 3. The normalized spacial score (nSPS) is 16.2. The second-order valence-corrected chi connectivity index (χ2v) is 6.78. The van der Waals surface area contributed by atoms with Crippen molar-refractivity contribution in [2.45, 2.75) is 25.4 Å². The van der Waals surface area contributed by atoms with E-state index >= 15 is 0 Å². The van der Waals surface area contributed by atoms with E-state index in [1.54, 1.807) is 43.0 Å². The van der Waals surface area contributed by atoms with Gasteiger partial charge in [0.25, 0.3) is 5.91 Å². The fraction of sp³-hybridized carbons (Fsp3) is 0.389. The van der Waals surface area contributed by atoms with E-state index in [0.29, 0.717) is 12.0 Å². The number of thioether (sulfide) groups is 1. The number of amides is 2. The number of benzene rings is 1. The SMILES string of the molecule is COC(=O)[C@H](C)NC(=O)C(NC(=O)c1ccccc1)C1=CCSCC1. The number of hydrogen-bond donors (Lipinski definition) is 2. The van der Waals surface area contributed by atoms with Crippen LogP contribution in [0, 0.1) is 0 Å². The Morgan fingerprint density at radius 2 is 1.88 bits per heavy atom. The van der Waals surface area contributed by atoms with E-state index in [2.05, 4.69) is 15.4 Å². The van der Waals surface area contributed by atoms with Gasteiger partial charge >= 0.3 is 5.97 Å². The standard InChI is InChI=1S/C18H22N2O4S/c1-12(18(23)24-2)19-17(22)15(13-8-10-25-11-9-13)20-16(21)14-6-4-3-5-7-14/h3-8,12,15H,9-11H2,1-2H3,(H,19,22)(H,20,21)/t12-,15?/m0/s1. The summed E-state index contributed by atoms with van der Waals surface area (Å²) < 4.78 is 4.63. The zero-order chi connectivity index (χ0) is 18.2. The zero-order valence-electron chi connectivity index (χ0n) is 14.3. The first-order valence-corrected chi connectivity index (χ1v) is 9.19. The average Bonchev–Trinajstić information content (AvgIpc) is 2.66. The fourth-order valence-electron chi connectivity index (χ4n) is 2.47. The molecule has 0 aromatic heterocycles. The molecule has 0 spiro atoms. The van der Waals surface area contributed by atoms with Crippen LogP contribution in [-0.2, 0) is 14.3 Å². The van der Waals surface area contributed by atoms with Gasteiger partial charge in [-0.2, -0.15) is 11.8 Å². The number of carbonyl (C=O) groups is 3. The predicted octanol–water partition coefficient (Wildman–Crippen LogP) is 1.53. The number of nitrogens with one attached hydrogen (secondary N) is 2. The van der Waals surface area contributed by atoms with Crippen LogP contribution in [0.25, 0.3) is 0 Å². The second kappa shape index (κ2) is 9.27. The molecular weight excluding hydrogens is 340 g/mol. The molecule has 0 radical (unpaired) electrons. The summed E-state index contributed by atoms with van der Waals surface area (Å²) in [7, 11) is 1.26. The third-order valence-electron chi connectivity index (χ3n) is 3.86. The van der Waals surface area contributed by atoms with Gasteiger partial charge < -0.3 is 15.4 Å². The van der Waals surface area contributed by atoms with Crippen molar-refractivity contribution in [3.63, 3.8) is 0 Å². The van der Waals surface area contributed by atoms with Crippen molar-refractivity contribution < 1.29 is 19.1 Å². The van der Waals surface area contributed by atoms with E-state index in [1.165, 1.54) is 7.11 Å². The van der Waals surface area contributed by atoms with E-state index in [4.69, 9.17) is 0 Å². The smallest absolute Gasteiger partial charge is 0.328 e. The number of hydrogen-bond acceptors (Lipinski definition) is 5. The Hall–Kier alpha value is -2.28. The van der Waals surface area contributed by atoms with Crippen molar-refractivity contribution in [1.82, 2.24) is 10.6 Å². The van der Waals surface area contributed by atoms with Crippen LogP contribution in [0.15, 0.2) is 42.0 Å². The molecule has 0 bridgehead atoms. The Kier molecular flexibility index (Phi) is 7.06. The third-order valence-corrected chi connectivity index (χ3v) is 4.75. The van der Waals surface area contributed by atoms with Gasteiger partial charge in [0.15, 0.2) is 0 Å². The van der Waals surface area contributed by atoms with E-state index < -0.39 is 24.0 Å². The van der Waals surface area contributed by atoms with E-state index in [1.807, 2.05) is 12.1 Å². The summed E-state index contributed by atoms with van der Waals surface area (Å²) in [5, 5.41) is 5.39. The molecule has 1 aromatic carbocycles. The average molecular weight is 362 g/mol. The van der Waals surface area contributed by atoms with Crippen LogP contribution >= 0.6 is 11.8 Å². The fourth-order valence-corrected chi connectivity index (χ4v) is 3.35. The molecule has 1 unspecified atom stereocenters. The van der Waals surface area contributed by atoms with Crippen molar-refractivity contribution in [3.8, 4) is 0 Å². The second-order valence-electron chi connectivity index (χ2n) is 5.63. The highest BCUT2D eigenvalue weighted by atomic mass is 32.2. The Morgan fingerprint density at radius 1 is 1.16 bits per heavy atom. The first-order chi connectivity index (χ1) is 12.0. The maximum Gasteiger partial charge on any atom is 0.328 e. The summed E-state index contributed by atoms with van der Waals surface area (Å²) in [6, 6.07) is 7.13. The van der Waals surface area contributed by atoms with Crippen LogP contribution in [0.1, 0.15) is 23.7 Å². The minimum Gasteiger partial charge on any atom is -0.467 e. The van der Waals surface area contributed by atoms with E-state index in [9.17, 15) is 14.4 Å². The Labute approximate surface area is 151 Å². The lowest BCUT2D eigenvalue weighted by Crippen LogP contribution is -2.52. The van der Waals surface area contributed by atoms with Crippen molar-refractivity contribution >= 4 is 29.5 Å². The highest BCUT2D eigenvalue weighted by Gasteiger charge is 2.28. The zero-order valence-corrected chi connectivity index (χ0v) is 15.1. The van der Waals surface area contributed by atoms with E-state index in [0.717, 1.165) is 17.1 Å². The number of methoxy groups -OCH3 is 1. The van der Waals surface area contributed by atoms with Crippen molar-refractivity contribution in [3.05, 3.63) is 47.5 Å².